The van der Waals surface area contributed by atoms with Gasteiger partial charge in [-0.3, -0.25) is 0 Å². The largest absolute Gasteiger partial charge is 0.451 e. The zero-order chi connectivity index (χ0) is 24.6. The normalized spacial score (nSPS) is 24.4. The fraction of sp³-hybridized carbons (Fsp3) is 0.818. The molecule has 8 nitrogen and oxygen atoms in total. The van der Waals surface area contributed by atoms with E-state index in [1.54, 1.807) is 18.0 Å². The topological polar surface area (TPSA) is 78.9 Å². The zero-order valence-corrected chi connectivity index (χ0v) is 20.7. The maximum absolute atomic E-state index is 13.7. The first-order chi connectivity index (χ1) is 16.0. The minimum Gasteiger partial charge on any atom is -0.374 e. The molecule has 0 N–H and O–H groups in total. The van der Waals surface area contributed by atoms with Crippen LogP contribution >= 0.6 is 0 Å². The number of hydrogen-bond donors (Lipinski definition) is 0. The van der Waals surface area contributed by atoms with Gasteiger partial charge in [0.05, 0.1) is 19.0 Å². The number of piperidine rings is 1. The van der Waals surface area contributed by atoms with Crippen LogP contribution in [0.4, 0.5) is 24.8 Å². The molecule has 1 aromatic rings. The number of halogens is 3. The summed E-state index contributed by atoms with van der Waals surface area (Å²) in [5, 5.41) is 0. The third-order valence-corrected chi connectivity index (χ3v) is 8.56. The number of ether oxygens (including phenoxy) is 1. The van der Waals surface area contributed by atoms with Crippen molar-refractivity contribution < 1.29 is 26.3 Å². The summed E-state index contributed by atoms with van der Waals surface area (Å²) in [6.45, 7) is 2.27. The van der Waals surface area contributed by atoms with Crippen molar-refractivity contribution in [3.63, 3.8) is 0 Å². The average Bonchev–Trinajstić information content (AvgIpc) is 2.78. The van der Waals surface area contributed by atoms with Crippen LogP contribution in [-0.4, -0.2) is 81.4 Å². The fourth-order valence-corrected chi connectivity index (χ4v) is 6.37. The fourth-order valence-electron chi connectivity index (χ4n) is 5.52. The van der Waals surface area contributed by atoms with E-state index in [0.717, 1.165) is 38.5 Å². The van der Waals surface area contributed by atoms with Crippen LogP contribution in [0.25, 0.3) is 0 Å². The van der Waals surface area contributed by atoms with E-state index in [4.69, 9.17) is 4.74 Å². The van der Waals surface area contributed by atoms with Crippen molar-refractivity contribution in [1.82, 2.24) is 14.3 Å². The van der Waals surface area contributed by atoms with E-state index in [9.17, 15) is 21.6 Å². The number of rotatable bonds is 5. The van der Waals surface area contributed by atoms with Crippen LogP contribution in [0, 0.1) is 5.41 Å². The maximum Gasteiger partial charge on any atom is 0.451 e. The number of anilines is 2. The van der Waals surface area contributed by atoms with Gasteiger partial charge in [0.15, 0.2) is 0 Å². The first kappa shape index (κ1) is 25.4. The number of morpholine rings is 1. The lowest BCUT2D eigenvalue weighted by Crippen LogP contribution is -2.49. The zero-order valence-electron chi connectivity index (χ0n) is 19.9. The maximum atomic E-state index is 13.7. The first-order valence-electron chi connectivity index (χ1n) is 11.9. The highest BCUT2D eigenvalue weighted by molar-refractivity contribution is 7.88. The van der Waals surface area contributed by atoms with Crippen LogP contribution in [0.1, 0.15) is 50.8 Å². The number of likely N-dealkylation sites (N-methyl/N-ethyl adjacent to an activating group) is 1. The molecule has 34 heavy (non-hydrogen) atoms. The van der Waals surface area contributed by atoms with Crippen LogP contribution in [0.15, 0.2) is 6.07 Å². The molecule has 0 radical (unpaired) electrons. The third-order valence-electron chi connectivity index (χ3n) is 7.29. The van der Waals surface area contributed by atoms with E-state index in [1.807, 2.05) is 4.90 Å². The highest BCUT2D eigenvalue weighted by Gasteiger charge is 2.39. The van der Waals surface area contributed by atoms with Gasteiger partial charge < -0.3 is 14.5 Å². The van der Waals surface area contributed by atoms with Gasteiger partial charge in [0.25, 0.3) is 0 Å². The summed E-state index contributed by atoms with van der Waals surface area (Å²) in [7, 11) is -1.72. The Morgan fingerprint density at radius 3 is 2.53 bits per heavy atom. The summed E-state index contributed by atoms with van der Waals surface area (Å²) < 4.78 is 71.9. The molecule has 1 atom stereocenters. The molecule has 192 valence electrons. The van der Waals surface area contributed by atoms with Gasteiger partial charge in [0, 0.05) is 45.8 Å². The molecular weight excluding hydrogens is 471 g/mol. The number of hydrogen-bond acceptors (Lipinski definition) is 7. The lowest BCUT2D eigenvalue weighted by Gasteiger charge is -2.46. The van der Waals surface area contributed by atoms with Crippen molar-refractivity contribution in [1.29, 1.82) is 0 Å². The molecule has 0 aromatic carbocycles. The first-order valence-corrected chi connectivity index (χ1v) is 13.8. The van der Waals surface area contributed by atoms with Gasteiger partial charge >= 0.3 is 6.18 Å². The second kappa shape index (κ2) is 9.77. The Balaban J connectivity index is 1.56. The molecular formula is C22H34F3N5O3S. The van der Waals surface area contributed by atoms with Gasteiger partial charge in [0.2, 0.25) is 15.8 Å². The second-order valence-electron chi connectivity index (χ2n) is 9.99. The quantitative estimate of drug-likeness (QED) is 0.608. The van der Waals surface area contributed by atoms with Gasteiger partial charge in [-0.05, 0) is 31.1 Å². The summed E-state index contributed by atoms with van der Waals surface area (Å²) in [5.41, 5.74) is 0.164. The molecule has 1 spiro atoms. The van der Waals surface area contributed by atoms with Crippen LogP contribution in [0.3, 0.4) is 0 Å². The van der Waals surface area contributed by atoms with Gasteiger partial charge in [-0.25, -0.2) is 18.4 Å². The van der Waals surface area contributed by atoms with Crippen molar-refractivity contribution >= 4 is 21.7 Å². The Bertz CT molecular complexity index is 964. The highest BCUT2D eigenvalue weighted by atomic mass is 32.2. The molecule has 0 bridgehead atoms. The number of aromatic nitrogens is 2. The third kappa shape index (κ3) is 5.93. The molecule has 2 aliphatic heterocycles. The van der Waals surface area contributed by atoms with Crippen molar-refractivity contribution in [2.75, 3.05) is 62.4 Å². The van der Waals surface area contributed by atoms with E-state index in [0.29, 0.717) is 12.4 Å². The summed E-state index contributed by atoms with van der Waals surface area (Å²) in [6.07, 6.45) is 3.85. The average molecular weight is 506 g/mol. The van der Waals surface area contributed by atoms with E-state index in [1.165, 1.54) is 23.6 Å². The van der Waals surface area contributed by atoms with Crippen LogP contribution < -0.4 is 9.80 Å². The molecule has 12 heteroatoms. The van der Waals surface area contributed by atoms with Crippen LogP contribution in [-0.2, 0) is 20.9 Å². The molecule has 0 unspecified atom stereocenters. The van der Waals surface area contributed by atoms with E-state index < -0.39 is 28.1 Å². The molecule has 3 aliphatic rings. The Morgan fingerprint density at radius 1 is 1.15 bits per heavy atom. The van der Waals surface area contributed by atoms with Crippen molar-refractivity contribution in [3.05, 3.63) is 11.9 Å². The van der Waals surface area contributed by atoms with Crippen molar-refractivity contribution in [2.45, 2.75) is 57.2 Å². The smallest absolute Gasteiger partial charge is 0.374 e. The summed E-state index contributed by atoms with van der Waals surface area (Å²) in [4.78, 5) is 11.3. The van der Waals surface area contributed by atoms with E-state index >= 15 is 0 Å². The Hall–Kier alpha value is -1.66. The molecule has 1 aliphatic carbocycles. The summed E-state index contributed by atoms with van der Waals surface area (Å²) >= 11 is 0. The molecule has 2 saturated heterocycles. The summed E-state index contributed by atoms with van der Waals surface area (Å²) in [5.74, 6) is -0.700. The number of alkyl halides is 3. The van der Waals surface area contributed by atoms with Gasteiger partial charge in [-0.1, -0.05) is 19.3 Å². The highest BCUT2D eigenvalue weighted by Crippen LogP contribution is 2.44. The standard InChI is InChI=1S/C22H34F3N5O3S/c1-28(14-17-15-30(11-12-33-17)34(2,31)32)18-13-19(27-20(26-18)22(23,24)25)29-10-6-9-21(16-29)7-4-3-5-8-21/h13,17H,3-12,14-16H2,1-2H3/t17-/m1/s1. The number of sulfonamides is 1. The van der Waals surface area contributed by atoms with Gasteiger partial charge in [-0.2, -0.15) is 17.5 Å². The molecule has 1 saturated carbocycles. The molecule has 1 aromatic heterocycles. The Morgan fingerprint density at radius 2 is 1.85 bits per heavy atom. The van der Waals surface area contributed by atoms with Crippen LogP contribution in [0.2, 0.25) is 0 Å². The number of nitrogens with zero attached hydrogens (tertiary/aromatic N) is 5. The SMILES string of the molecule is CN(C[C@@H]1CN(S(C)(=O)=O)CCO1)c1cc(N2CCCC3(CCCCC3)C2)nc(C(F)(F)F)n1. The van der Waals surface area contributed by atoms with Gasteiger partial charge in [0.1, 0.15) is 11.6 Å². The van der Waals surface area contributed by atoms with Gasteiger partial charge in [-0.15, -0.1) is 0 Å². The van der Waals surface area contributed by atoms with E-state index in [2.05, 4.69) is 9.97 Å². The predicted octanol–water partition coefficient (Wildman–Crippen LogP) is 3.14. The molecule has 3 fully saturated rings. The monoisotopic (exact) mass is 505 g/mol. The lowest BCUT2D eigenvalue weighted by molar-refractivity contribution is -0.144. The summed E-state index contributed by atoms with van der Waals surface area (Å²) in [6, 6.07) is 1.62. The minimum atomic E-state index is -4.67. The van der Waals surface area contributed by atoms with E-state index in [-0.39, 0.29) is 37.5 Å². The lowest BCUT2D eigenvalue weighted by atomic mass is 9.69. The molecule has 3 heterocycles. The predicted molar refractivity (Wildman–Crippen MR) is 123 cm³/mol. The van der Waals surface area contributed by atoms with Crippen molar-refractivity contribution in [3.8, 4) is 0 Å². The Labute approximate surface area is 199 Å². The Kier molecular flexibility index (Phi) is 7.31. The second-order valence-corrected chi connectivity index (χ2v) is 12.0. The minimum absolute atomic E-state index is 0.153. The van der Waals surface area contributed by atoms with Crippen molar-refractivity contribution in [2.24, 2.45) is 5.41 Å². The van der Waals surface area contributed by atoms with Crippen LogP contribution in [0.5, 0.6) is 0 Å². The molecule has 0 amide bonds. The molecule has 4 rings (SSSR count).